The van der Waals surface area contributed by atoms with E-state index in [-0.39, 0.29) is 29.6 Å². The molecule has 0 saturated heterocycles. The Balaban J connectivity index is 0.000001000. The molecule has 0 atom stereocenters. The molecule has 4 heteroatoms. The molecule has 0 amide bonds. The number of hydrogen-bond acceptors (Lipinski definition) is 3. The molecule has 0 unspecified atom stereocenters. The number of carboxylic acids is 1. The van der Waals surface area contributed by atoms with Crippen molar-refractivity contribution >= 4 is 23.4 Å². The molecule has 0 bridgehead atoms. The van der Waals surface area contributed by atoms with Crippen LogP contribution >= 0.6 is 11.3 Å². The molecule has 0 aromatic carbocycles. The minimum atomic E-state index is -1.16. The monoisotopic (exact) mass is 176 g/mol. The van der Waals surface area contributed by atoms with Crippen molar-refractivity contribution in [2.75, 3.05) is 0 Å². The Labute approximate surface area is 90.8 Å². The van der Waals surface area contributed by atoms with E-state index in [1.165, 1.54) is 17.4 Å². The number of carbonyl (C=O) groups excluding carboxylic acids is 1. The first kappa shape index (κ1) is 10.9. The molecule has 0 fully saturated rings. The molecule has 1 heterocycles. The van der Waals surface area contributed by atoms with Gasteiger partial charge < -0.3 is 9.90 Å². The molecule has 1 aromatic rings. The van der Waals surface area contributed by atoms with Crippen molar-refractivity contribution in [1.29, 1.82) is 0 Å². The van der Waals surface area contributed by atoms with Crippen LogP contribution in [0.15, 0.2) is 23.6 Å². The topological polar surface area (TPSA) is 40.1 Å². The summed E-state index contributed by atoms with van der Waals surface area (Å²) in [7, 11) is 0. The number of aliphatic carboxylic acids is 1. The van der Waals surface area contributed by atoms with Gasteiger partial charge in [-0.25, -0.2) is 0 Å². The molecule has 0 aliphatic rings. The number of hydrogen-bond donors (Lipinski definition) is 0. The van der Waals surface area contributed by atoms with E-state index in [0.29, 0.717) is 0 Å². The van der Waals surface area contributed by atoms with Crippen molar-refractivity contribution in [2.24, 2.45) is 0 Å². The second-order valence-electron chi connectivity index (χ2n) is 1.67. The first-order chi connectivity index (χ1) is 4.79. The Morgan fingerprint density at radius 3 is 2.82 bits per heavy atom. The van der Waals surface area contributed by atoms with E-state index >= 15 is 0 Å². The average Bonchev–Trinajstić information content (AvgIpc) is 2.34. The molecule has 11 heavy (non-hydrogen) atoms. The van der Waals surface area contributed by atoms with Crippen LogP contribution in [-0.2, 0) is 4.79 Å². The van der Waals surface area contributed by atoms with E-state index in [9.17, 15) is 9.90 Å². The van der Waals surface area contributed by atoms with Gasteiger partial charge in [0.2, 0.25) is 0 Å². The third-order valence-corrected chi connectivity index (χ3v) is 1.76. The molecule has 1 rings (SSSR count). The van der Waals surface area contributed by atoms with Crippen LogP contribution in [0.4, 0.5) is 0 Å². The first-order valence-electron chi connectivity index (χ1n) is 2.71. The smallest absolute Gasteiger partial charge is 0.545 e. The summed E-state index contributed by atoms with van der Waals surface area (Å²) in [5.41, 5.74) is 0. The second-order valence-corrected chi connectivity index (χ2v) is 2.65. The molecule has 0 aliphatic heterocycles. The molecule has 0 spiro atoms. The summed E-state index contributed by atoms with van der Waals surface area (Å²) in [6.07, 6.45) is 2.53. The van der Waals surface area contributed by atoms with Crippen molar-refractivity contribution in [2.45, 2.75) is 0 Å². The van der Waals surface area contributed by atoms with Crippen molar-refractivity contribution in [3.63, 3.8) is 0 Å². The van der Waals surface area contributed by atoms with Crippen LogP contribution < -0.4 is 34.7 Å². The Hall–Kier alpha value is -0.0900. The molecule has 0 saturated carbocycles. The number of rotatable bonds is 2. The van der Waals surface area contributed by atoms with E-state index in [2.05, 4.69) is 0 Å². The zero-order chi connectivity index (χ0) is 7.40. The Kier molecular flexibility index (Phi) is 5.50. The Morgan fingerprint density at radius 1 is 1.64 bits per heavy atom. The average molecular weight is 176 g/mol. The van der Waals surface area contributed by atoms with Gasteiger partial charge in [0.15, 0.2) is 0 Å². The van der Waals surface area contributed by atoms with Crippen LogP contribution in [0.5, 0.6) is 0 Å². The summed E-state index contributed by atoms with van der Waals surface area (Å²) in [6, 6.07) is 3.70. The summed E-state index contributed by atoms with van der Waals surface area (Å²) in [5.74, 6) is -1.16. The maximum absolute atomic E-state index is 9.90. The van der Waals surface area contributed by atoms with E-state index in [1.54, 1.807) is 0 Å². The normalized spacial score (nSPS) is 9.45. The molecule has 0 N–H and O–H groups in total. The van der Waals surface area contributed by atoms with Crippen molar-refractivity contribution < 1.29 is 39.5 Å². The van der Waals surface area contributed by atoms with Crippen LogP contribution in [0.2, 0.25) is 0 Å². The summed E-state index contributed by atoms with van der Waals surface area (Å²) in [4.78, 5) is 10.8. The minimum absolute atomic E-state index is 0. The van der Waals surface area contributed by atoms with Crippen molar-refractivity contribution in [3.05, 3.63) is 28.5 Å². The minimum Gasteiger partial charge on any atom is -0.545 e. The van der Waals surface area contributed by atoms with Crippen LogP contribution in [0, 0.1) is 0 Å². The molecule has 2 nitrogen and oxygen atoms in total. The zero-order valence-electron chi connectivity index (χ0n) is 6.11. The van der Waals surface area contributed by atoms with Gasteiger partial charge in [-0.1, -0.05) is 6.07 Å². The number of carbonyl (C=O) groups is 1. The maximum atomic E-state index is 9.90. The fraction of sp³-hybridized carbons (Fsp3) is 0. The van der Waals surface area contributed by atoms with E-state index in [0.717, 1.165) is 11.0 Å². The van der Waals surface area contributed by atoms with E-state index in [4.69, 9.17) is 0 Å². The van der Waals surface area contributed by atoms with Gasteiger partial charge in [0.25, 0.3) is 0 Å². The largest absolute Gasteiger partial charge is 1.00 e. The summed E-state index contributed by atoms with van der Waals surface area (Å²) in [5, 5.41) is 11.8. The van der Waals surface area contributed by atoms with E-state index < -0.39 is 5.97 Å². The first-order valence-corrected chi connectivity index (χ1v) is 3.59. The van der Waals surface area contributed by atoms with Gasteiger partial charge in [0.05, 0.1) is 5.97 Å². The summed E-state index contributed by atoms with van der Waals surface area (Å²) < 4.78 is 0. The van der Waals surface area contributed by atoms with Gasteiger partial charge in [-0.2, -0.15) is 0 Å². The van der Waals surface area contributed by atoms with Gasteiger partial charge in [0, 0.05) is 4.88 Å². The van der Waals surface area contributed by atoms with Gasteiger partial charge in [0.1, 0.15) is 0 Å². The third-order valence-electron chi connectivity index (χ3n) is 0.927. The molecule has 52 valence electrons. The standard InChI is InChI=1S/C7H6O2S.Na/c8-7(9)4-3-6-2-1-5-10-6;/h1-5H,(H,8,9);/q;+1/p-1/b4-3+;. The van der Waals surface area contributed by atoms with Gasteiger partial charge in [-0.3, -0.25) is 0 Å². The van der Waals surface area contributed by atoms with Gasteiger partial charge in [-0.05, 0) is 23.6 Å². The summed E-state index contributed by atoms with van der Waals surface area (Å²) in [6.45, 7) is 0. The predicted molar refractivity (Wildman–Crippen MR) is 38.4 cm³/mol. The van der Waals surface area contributed by atoms with Crippen molar-refractivity contribution in [3.8, 4) is 0 Å². The molecule has 0 radical (unpaired) electrons. The van der Waals surface area contributed by atoms with Gasteiger partial charge in [-0.15, -0.1) is 11.3 Å². The zero-order valence-corrected chi connectivity index (χ0v) is 8.93. The van der Waals surface area contributed by atoms with Crippen LogP contribution in [0.25, 0.3) is 6.08 Å². The molecular formula is C7H5NaO2S. The quantitative estimate of drug-likeness (QED) is 0.369. The SMILES string of the molecule is O=C([O-])/C=C/c1cccs1.[Na+]. The third kappa shape index (κ3) is 4.37. The number of thiophene rings is 1. The van der Waals surface area contributed by atoms with E-state index in [1.807, 2.05) is 17.5 Å². The molecule has 1 aromatic heterocycles. The van der Waals surface area contributed by atoms with Gasteiger partial charge >= 0.3 is 29.6 Å². The van der Waals surface area contributed by atoms with Crippen LogP contribution in [0.1, 0.15) is 4.88 Å². The molecular weight excluding hydrogens is 171 g/mol. The predicted octanol–water partition coefficient (Wildman–Crippen LogP) is -2.48. The van der Waals surface area contributed by atoms with Crippen LogP contribution in [0.3, 0.4) is 0 Å². The fourth-order valence-corrected chi connectivity index (χ4v) is 1.15. The van der Waals surface area contributed by atoms with Crippen molar-refractivity contribution in [1.82, 2.24) is 0 Å². The Bertz CT molecular complexity index is 241. The number of carboxylic acid groups (broad SMARTS) is 1. The van der Waals surface area contributed by atoms with Crippen LogP contribution in [-0.4, -0.2) is 5.97 Å². The second kappa shape index (κ2) is 5.55. The molecule has 0 aliphatic carbocycles. The fourth-order valence-electron chi connectivity index (χ4n) is 0.536. The maximum Gasteiger partial charge on any atom is 1.00 e. The summed E-state index contributed by atoms with van der Waals surface area (Å²) >= 11 is 1.49. The Morgan fingerprint density at radius 2 is 2.36 bits per heavy atom.